The van der Waals surface area contributed by atoms with Gasteiger partial charge in [-0.2, -0.15) is 0 Å². The normalized spacial score (nSPS) is 20.8. The standard InChI is InChI=1S/C23H29BrN2O3S/c1-5-23(3,4)12-7-8-14-17(9-12)30-22-18(14)21(28)25-20(26-22)15-10-13(24)11-16(19(15)27)29-6-2/h10-12,20,26-27H,5-9H2,1-4H3,(H,25,28)/t12-,20+/m0/s1. The van der Waals surface area contributed by atoms with Crippen molar-refractivity contribution in [2.45, 2.75) is 59.5 Å². The predicted octanol–water partition coefficient (Wildman–Crippen LogP) is 6.01. The largest absolute Gasteiger partial charge is 0.504 e. The van der Waals surface area contributed by atoms with Crippen LogP contribution >= 0.6 is 27.3 Å². The number of carbonyl (C=O) groups excluding carboxylic acids is 1. The summed E-state index contributed by atoms with van der Waals surface area (Å²) in [5, 5.41) is 18.1. The van der Waals surface area contributed by atoms with Gasteiger partial charge in [0.2, 0.25) is 0 Å². The summed E-state index contributed by atoms with van der Waals surface area (Å²) in [6.07, 6.45) is 3.75. The molecule has 162 valence electrons. The first-order valence-corrected chi connectivity index (χ1v) is 12.2. The molecule has 0 bridgehead atoms. The predicted molar refractivity (Wildman–Crippen MR) is 125 cm³/mol. The van der Waals surface area contributed by atoms with Gasteiger partial charge in [-0.05, 0) is 55.2 Å². The van der Waals surface area contributed by atoms with Crippen LogP contribution in [0.25, 0.3) is 0 Å². The Hall–Kier alpha value is -1.73. The molecule has 4 rings (SSSR count). The zero-order chi connectivity index (χ0) is 21.6. The van der Waals surface area contributed by atoms with E-state index < -0.39 is 6.17 Å². The van der Waals surface area contributed by atoms with E-state index in [0.29, 0.717) is 29.3 Å². The second-order valence-corrected chi connectivity index (χ2v) is 10.8. The second-order valence-electron chi connectivity index (χ2n) is 8.82. The highest BCUT2D eigenvalue weighted by molar-refractivity contribution is 9.10. The molecule has 2 atom stereocenters. The fourth-order valence-corrected chi connectivity index (χ4v) is 6.30. The summed E-state index contributed by atoms with van der Waals surface area (Å²) in [6.45, 7) is 9.28. The van der Waals surface area contributed by atoms with E-state index in [-0.39, 0.29) is 11.7 Å². The van der Waals surface area contributed by atoms with E-state index in [9.17, 15) is 9.90 Å². The number of nitrogens with one attached hydrogen (secondary N) is 2. The van der Waals surface area contributed by atoms with Gasteiger partial charge in [-0.15, -0.1) is 11.3 Å². The van der Waals surface area contributed by atoms with Gasteiger partial charge in [-0.25, -0.2) is 0 Å². The maximum absolute atomic E-state index is 13.1. The number of hydrogen-bond donors (Lipinski definition) is 3. The van der Waals surface area contributed by atoms with Crippen LogP contribution in [0.4, 0.5) is 5.00 Å². The molecule has 0 unspecified atom stereocenters. The molecule has 2 aromatic rings. The summed E-state index contributed by atoms with van der Waals surface area (Å²) >= 11 is 5.18. The summed E-state index contributed by atoms with van der Waals surface area (Å²) in [7, 11) is 0. The number of hydrogen-bond acceptors (Lipinski definition) is 5. The van der Waals surface area contributed by atoms with Crippen molar-refractivity contribution in [3.63, 3.8) is 0 Å². The number of carbonyl (C=O) groups is 1. The highest BCUT2D eigenvalue weighted by Crippen LogP contribution is 2.48. The summed E-state index contributed by atoms with van der Waals surface area (Å²) in [5.41, 5.74) is 2.88. The van der Waals surface area contributed by atoms with E-state index in [2.05, 4.69) is 47.3 Å². The highest BCUT2D eigenvalue weighted by atomic mass is 79.9. The lowest BCUT2D eigenvalue weighted by molar-refractivity contribution is 0.0934. The third kappa shape index (κ3) is 3.71. The van der Waals surface area contributed by atoms with E-state index >= 15 is 0 Å². The van der Waals surface area contributed by atoms with Gasteiger partial charge in [-0.1, -0.05) is 43.1 Å². The minimum absolute atomic E-state index is 0.0485. The SMILES string of the molecule is CCOc1cc(Br)cc([C@@H]2NC(=O)c3c(sc4c3CC[C@H](C(C)(C)CC)C4)N2)c1O. The zero-order valence-electron chi connectivity index (χ0n) is 17.9. The maximum Gasteiger partial charge on any atom is 0.256 e. The molecular formula is C23H29BrN2O3S. The Morgan fingerprint density at radius 3 is 2.77 bits per heavy atom. The Bertz CT molecular complexity index is 985. The molecule has 1 aliphatic heterocycles. The molecule has 1 aromatic heterocycles. The number of halogens is 1. The van der Waals surface area contributed by atoms with Crippen molar-refractivity contribution in [2.24, 2.45) is 11.3 Å². The Balaban J connectivity index is 1.66. The van der Waals surface area contributed by atoms with Crippen LogP contribution in [-0.2, 0) is 12.8 Å². The van der Waals surface area contributed by atoms with E-state index in [1.807, 2.05) is 13.0 Å². The molecule has 2 aliphatic rings. The van der Waals surface area contributed by atoms with E-state index in [1.54, 1.807) is 17.4 Å². The van der Waals surface area contributed by atoms with Gasteiger partial charge in [0.25, 0.3) is 5.91 Å². The molecule has 0 spiro atoms. The number of rotatable bonds is 5. The molecule has 2 heterocycles. The molecule has 0 radical (unpaired) electrons. The summed E-state index contributed by atoms with van der Waals surface area (Å²) in [5.74, 6) is 1.01. The van der Waals surface area contributed by atoms with Crippen LogP contribution in [-0.4, -0.2) is 17.6 Å². The van der Waals surface area contributed by atoms with Crippen LogP contribution in [0.1, 0.15) is 73.1 Å². The summed E-state index contributed by atoms with van der Waals surface area (Å²) < 4.78 is 6.34. The molecule has 1 amide bonds. The van der Waals surface area contributed by atoms with E-state index in [4.69, 9.17) is 4.74 Å². The van der Waals surface area contributed by atoms with Crippen LogP contribution < -0.4 is 15.4 Å². The lowest BCUT2D eigenvalue weighted by Gasteiger charge is -2.36. The van der Waals surface area contributed by atoms with Crippen molar-refractivity contribution in [3.05, 3.63) is 38.2 Å². The number of phenols is 1. The van der Waals surface area contributed by atoms with Crippen LogP contribution in [0.3, 0.4) is 0 Å². The molecular weight excluding hydrogens is 464 g/mol. The molecule has 0 fully saturated rings. The maximum atomic E-state index is 13.1. The Morgan fingerprint density at radius 2 is 2.07 bits per heavy atom. The van der Waals surface area contributed by atoms with Crippen molar-refractivity contribution >= 4 is 38.2 Å². The number of phenolic OH excluding ortho intramolecular Hbond substituents is 1. The van der Waals surface area contributed by atoms with E-state index in [0.717, 1.165) is 40.7 Å². The average Bonchev–Trinajstić information content (AvgIpc) is 3.08. The lowest BCUT2D eigenvalue weighted by Crippen LogP contribution is -2.38. The first-order chi connectivity index (χ1) is 14.2. The first-order valence-electron chi connectivity index (χ1n) is 10.6. The molecule has 5 nitrogen and oxygen atoms in total. The van der Waals surface area contributed by atoms with Crippen molar-refractivity contribution in [1.29, 1.82) is 0 Å². The van der Waals surface area contributed by atoms with Gasteiger partial charge < -0.3 is 20.5 Å². The molecule has 7 heteroatoms. The summed E-state index contributed by atoms with van der Waals surface area (Å²) in [6, 6.07) is 3.55. The number of fused-ring (bicyclic) bond motifs is 3. The van der Waals surface area contributed by atoms with Gasteiger partial charge in [0.1, 0.15) is 11.2 Å². The Labute approximate surface area is 190 Å². The molecule has 1 aliphatic carbocycles. The highest BCUT2D eigenvalue weighted by Gasteiger charge is 2.38. The molecule has 0 saturated heterocycles. The van der Waals surface area contributed by atoms with Crippen molar-refractivity contribution in [1.82, 2.24) is 5.32 Å². The minimum Gasteiger partial charge on any atom is -0.504 e. The van der Waals surface area contributed by atoms with Crippen LogP contribution in [0.2, 0.25) is 0 Å². The Morgan fingerprint density at radius 1 is 1.30 bits per heavy atom. The summed E-state index contributed by atoms with van der Waals surface area (Å²) in [4.78, 5) is 14.4. The van der Waals surface area contributed by atoms with Gasteiger partial charge >= 0.3 is 0 Å². The topological polar surface area (TPSA) is 70.6 Å². The number of anilines is 1. The number of benzene rings is 1. The second kappa shape index (κ2) is 8.08. The fourth-order valence-electron chi connectivity index (χ4n) is 4.49. The third-order valence-corrected chi connectivity index (χ3v) is 8.38. The van der Waals surface area contributed by atoms with Gasteiger partial charge in [0.15, 0.2) is 11.5 Å². The number of aromatic hydroxyl groups is 1. The van der Waals surface area contributed by atoms with Crippen LogP contribution in [0, 0.1) is 11.3 Å². The number of ether oxygens (including phenoxy) is 1. The van der Waals surface area contributed by atoms with Crippen LogP contribution in [0.15, 0.2) is 16.6 Å². The lowest BCUT2D eigenvalue weighted by atomic mass is 9.69. The molecule has 0 saturated carbocycles. The quantitative estimate of drug-likeness (QED) is 0.477. The van der Waals surface area contributed by atoms with Crippen molar-refractivity contribution in [2.75, 3.05) is 11.9 Å². The van der Waals surface area contributed by atoms with Gasteiger partial charge in [0, 0.05) is 14.9 Å². The van der Waals surface area contributed by atoms with Crippen molar-refractivity contribution < 1.29 is 14.6 Å². The number of thiophene rings is 1. The monoisotopic (exact) mass is 492 g/mol. The third-order valence-electron chi connectivity index (χ3n) is 6.74. The van der Waals surface area contributed by atoms with Crippen LogP contribution in [0.5, 0.6) is 11.5 Å². The molecule has 3 N–H and O–H groups in total. The van der Waals surface area contributed by atoms with Crippen molar-refractivity contribution in [3.8, 4) is 11.5 Å². The van der Waals surface area contributed by atoms with Gasteiger partial charge in [0.05, 0.1) is 12.2 Å². The van der Waals surface area contributed by atoms with E-state index in [1.165, 1.54) is 10.4 Å². The minimum atomic E-state index is -0.510. The Kier molecular flexibility index (Phi) is 5.79. The fraction of sp³-hybridized carbons (Fsp3) is 0.522. The first kappa shape index (κ1) is 21.5. The zero-order valence-corrected chi connectivity index (χ0v) is 20.3. The van der Waals surface area contributed by atoms with Gasteiger partial charge in [-0.3, -0.25) is 4.79 Å². The number of amides is 1. The molecule has 1 aromatic carbocycles. The average molecular weight is 493 g/mol. The molecule has 30 heavy (non-hydrogen) atoms. The smallest absolute Gasteiger partial charge is 0.256 e.